The number of carbonyl (C=O) groups is 1. The van der Waals surface area contributed by atoms with Gasteiger partial charge in [-0.05, 0) is 55.0 Å². The maximum atomic E-state index is 12.8. The van der Waals surface area contributed by atoms with E-state index in [1.807, 2.05) is 56.5 Å². The Bertz CT molecular complexity index is 1190. The third-order valence-electron chi connectivity index (χ3n) is 5.80. The molecule has 1 aliphatic rings. The molecule has 7 nitrogen and oxygen atoms in total. The standard InChI is InChI=1S/C25H31N5O2/c1-16-13-22(32)30(19-7-5-6-8-19)23-20(16)15-26-24(29-23)28-18-11-9-17(10-12-18)27-21(31)14-25(2,3)4/h9-13,15,19H,5-8,14H2,1-4H3,(H,27,31)(H,26,28,29). The number of aromatic nitrogens is 3. The molecular weight excluding hydrogens is 402 g/mol. The van der Waals surface area contributed by atoms with E-state index in [0.29, 0.717) is 18.0 Å². The van der Waals surface area contributed by atoms with Crippen LogP contribution in [0.2, 0.25) is 0 Å². The second-order valence-corrected chi connectivity index (χ2v) is 9.89. The molecule has 1 saturated carbocycles. The van der Waals surface area contributed by atoms with E-state index >= 15 is 0 Å². The summed E-state index contributed by atoms with van der Waals surface area (Å²) in [4.78, 5) is 34.1. The maximum Gasteiger partial charge on any atom is 0.252 e. The van der Waals surface area contributed by atoms with Crippen LogP contribution in [0, 0.1) is 12.3 Å². The molecule has 0 spiro atoms. The molecule has 4 rings (SSSR count). The van der Waals surface area contributed by atoms with Crippen LogP contribution in [-0.2, 0) is 4.79 Å². The minimum atomic E-state index is -0.0589. The molecule has 0 bridgehead atoms. The van der Waals surface area contributed by atoms with Crippen molar-refractivity contribution in [3.63, 3.8) is 0 Å². The number of hydrogen-bond donors (Lipinski definition) is 2. The topological polar surface area (TPSA) is 88.9 Å². The molecule has 0 radical (unpaired) electrons. The van der Waals surface area contributed by atoms with Crippen LogP contribution in [0.4, 0.5) is 17.3 Å². The highest BCUT2D eigenvalue weighted by molar-refractivity contribution is 5.91. The van der Waals surface area contributed by atoms with Crippen molar-refractivity contribution < 1.29 is 4.79 Å². The zero-order valence-electron chi connectivity index (χ0n) is 19.2. The Hall–Kier alpha value is -3.22. The van der Waals surface area contributed by atoms with Crippen LogP contribution in [0.25, 0.3) is 11.0 Å². The second kappa shape index (κ2) is 8.73. The highest BCUT2D eigenvalue weighted by atomic mass is 16.1. The summed E-state index contributed by atoms with van der Waals surface area (Å²) in [6, 6.07) is 9.33. The van der Waals surface area contributed by atoms with Gasteiger partial charge in [0.25, 0.3) is 5.56 Å². The predicted octanol–water partition coefficient (Wildman–Crippen LogP) is 5.33. The molecule has 1 fully saturated rings. The lowest BCUT2D eigenvalue weighted by atomic mass is 9.92. The van der Waals surface area contributed by atoms with Crippen molar-refractivity contribution in [1.29, 1.82) is 0 Å². The monoisotopic (exact) mass is 433 g/mol. The van der Waals surface area contributed by atoms with Crippen molar-refractivity contribution in [2.75, 3.05) is 10.6 Å². The van der Waals surface area contributed by atoms with Gasteiger partial charge in [-0.1, -0.05) is 33.6 Å². The average Bonchev–Trinajstić information content (AvgIpc) is 3.22. The van der Waals surface area contributed by atoms with Gasteiger partial charge in [-0.15, -0.1) is 0 Å². The van der Waals surface area contributed by atoms with E-state index in [0.717, 1.165) is 48.0 Å². The number of benzene rings is 1. The summed E-state index contributed by atoms with van der Waals surface area (Å²) in [6.07, 6.45) is 6.54. The minimum absolute atomic E-state index is 0.00176. The fourth-order valence-corrected chi connectivity index (χ4v) is 4.30. The molecule has 168 valence electrons. The highest BCUT2D eigenvalue weighted by Crippen LogP contribution is 2.31. The Labute approximate surface area is 188 Å². The predicted molar refractivity (Wildman–Crippen MR) is 128 cm³/mol. The molecule has 2 heterocycles. The molecule has 0 aliphatic heterocycles. The van der Waals surface area contributed by atoms with E-state index < -0.39 is 0 Å². The lowest BCUT2D eigenvalue weighted by Crippen LogP contribution is -2.24. The van der Waals surface area contributed by atoms with Gasteiger partial charge >= 0.3 is 0 Å². The Kier molecular flexibility index (Phi) is 6.00. The molecule has 2 N–H and O–H groups in total. The van der Waals surface area contributed by atoms with Gasteiger partial charge in [0.15, 0.2) is 0 Å². The van der Waals surface area contributed by atoms with Gasteiger partial charge in [0.2, 0.25) is 11.9 Å². The van der Waals surface area contributed by atoms with Crippen LogP contribution >= 0.6 is 0 Å². The van der Waals surface area contributed by atoms with E-state index in [-0.39, 0.29) is 22.9 Å². The lowest BCUT2D eigenvalue weighted by molar-refractivity contribution is -0.117. The van der Waals surface area contributed by atoms with Gasteiger partial charge in [0.05, 0.1) is 0 Å². The van der Waals surface area contributed by atoms with Crippen molar-refractivity contribution in [2.24, 2.45) is 5.41 Å². The van der Waals surface area contributed by atoms with E-state index in [2.05, 4.69) is 15.6 Å². The zero-order valence-corrected chi connectivity index (χ0v) is 19.2. The molecule has 1 aromatic carbocycles. The molecule has 0 saturated heterocycles. The maximum absolute atomic E-state index is 12.8. The molecule has 1 aliphatic carbocycles. The first-order valence-corrected chi connectivity index (χ1v) is 11.3. The van der Waals surface area contributed by atoms with Gasteiger partial charge in [0.1, 0.15) is 5.65 Å². The number of hydrogen-bond acceptors (Lipinski definition) is 5. The second-order valence-electron chi connectivity index (χ2n) is 9.89. The van der Waals surface area contributed by atoms with E-state index in [1.54, 1.807) is 12.3 Å². The number of carbonyl (C=O) groups excluding carboxylic acids is 1. The van der Waals surface area contributed by atoms with Crippen molar-refractivity contribution in [3.8, 4) is 0 Å². The summed E-state index contributed by atoms with van der Waals surface area (Å²) in [6.45, 7) is 8.04. The first kappa shape index (κ1) is 22.0. The average molecular weight is 434 g/mol. The summed E-state index contributed by atoms with van der Waals surface area (Å²) in [7, 11) is 0. The smallest absolute Gasteiger partial charge is 0.252 e. The molecule has 1 amide bonds. The van der Waals surface area contributed by atoms with Crippen LogP contribution in [0.5, 0.6) is 0 Å². The molecule has 32 heavy (non-hydrogen) atoms. The number of pyridine rings is 1. The fraction of sp³-hybridized carbons (Fsp3) is 0.440. The van der Waals surface area contributed by atoms with Gasteiger partial charge in [-0.3, -0.25) is 14.2 Å². The van der Waals surface area contributed by atoms with Crippen LogP contribution in [0.3, 0.4) is 0 Å². The molecular formula is C25H31N5O2. The van der Waals surface area contributed by atoms with Crippen molar-refractivity contribution in [2.45, 2.75) is 65.8 Å². The summed E-state index contributed by atoms with van der Waals surface area (Å²) >= 11 is 0. The van der Waals surface area contributed by atoms with Crippen molar-refractivity contribution >= 4 is 34.3 Å². The molecule has 2 aromatic heterocycles. The summed E-state index contributed by atoms with van der Waals surface area (Å²) in [5.74, 6) is 0.440. The van der Waals surface area contributed by atoms with Gasteiger partial charge in [-0.25, -0.2) is 4.98 Å². The summed E-state index contributed by atoms with van der Waals surface area (Å²) in [5, 5.41) is 7.05. The van der Waals surface area contributed by atoms with E-state index in [1.165, 1.54) is 0 Å². The van der Waals surface area contributed by atoms with E-state index in [9.17, 15) is 9.59 Å². The Morgan fingerprint density at radius 3 is 2.44 bits per heavy atom. The van der Waals surface area contributed by atoms with Crippen molar-refractivity contribution in [1.82, 2.24) is 14.5 Å². The van der Waals surface area contributed by atoms with Gasteiger partial charge < -0.3 is 10.6 Å². The molecule has 0 atom stereocenters. The largest absolute Gasteiger partial charge is 0.326 e. The van der Waals surface area contributed by atoms with Crippen LogP contribution in [-0.4, -0.2) is 20.4 Å². The normalized spacial score (nSPS) is 14.6. The molecule has 0 unspecified atom stereocenters. The van der Waals surface area contributed by atoms with Crippen molar-refractivity contribution in [3.05, 3.63) is 52.4 Å². The summed E-state index contributed by atoms with van der Waals surface area (Å²) in [5.41, 5.74) is 3.07. The number of nitrogens with one attached hydrogen (secondary N) is 2. The fourth-order valence-electron chi connectivity index (χ4n) is 4.30. The first-order valence-electron chi connectivity index (χ1n) is 11.3. The number of amides is 1. The van der Waals surface area contributed by atoms with E-state index in [4.69, 9.17) is 4.98 Å². The van der Waals surface area contributed by atoms with Crippen LogP contribution in [0.15, 0.2) is 41.3 Å². The molecule has 7 heteroatoms. The number of nitrogens with zero attached hydrogens (tertiary/aromatic N) is 3. The van der Waals surface area contributed by atoms with Crippen LogP contribution < -0.4 is 16.2 Å². The Balaban J connectivity index is 1.56. The Morgan fingerprint density at radius 1 is 1.12 bits per heavy atom. The summed E-state index contributed by atoms with van der Waals surface area (Å²) < 4.78 is 1.84. The highest BCUT2D eigenvalue weighted by Gasteiger charge is 2.21. The van der Waals surface area contributed by atoms with Gasteiger partial charge in [0, 0.05) is 41.5 Å². The quantitative estimate of drug-likeness (QED) is 0.567. The first-order chi connectivity index (χ1) is 15.2. The third kappa shape index (κ3) is 4.98. The number of rotatable bonds is 5. The zero-order chi connectivity index (χ0) is 22.9. The number of anilines is 3. The lowest BCUT2D eigenvalue weighted by Gasteiger charge is -2.18. The Morgan fingerprint density at radius 2 is 1.78 bits per heavy atom. The number of fused-ring (bicyclic) bond motifs is 1. The van der Waals surface area contributed by atoms with Crippen LogP contribution in [0.1, 0.15) is 64.5 Å². The SMILES string of the molecule is Cc1cc(=O)n(C2CCCC2)c2nc(Nc3ccc(NC(=O)CC(C)(C)C)cc3)ncc12. The minimum Gasteiger partial charge on any atom is -0.326 e. The molecule has 3 aromatic rings. The van der Waals surface area contributed by atoms with Gasteiger partial charge in [-0.2, -0.15) is 4.98 Å². The number of aryl methyl sites for hydroxylation is 1. The third-order valence-corrected chi connectivity index (χ3v) is 5.80.